The molecule has 5 rings (SSSR count). The highest BCUT2D eigenvalue weighted by Crippen LogP contribution is 2.41. The SMILES string of the molecule is CC(C)(C)O.CCOC(=O)Cc1c(C)cc2nc(-c3ccnc(-c4ccc(OC)c(OC)c4)n3)sc2c1-c1ccc(Cl)cc1. The predicted octanol–water partition coefficient (Wildman–Crippen LogP) is 7.95. The van der Waals surface area contributed by atoms with E-state index < -0.39 is 5.60 Å². The second-order valence-corrected chi connectivity index (χ2v) is 12.3. The molecular weight excluding hydrogens is 598 g/mol. The van der Waals surface area contributed by atoms with Crippen molar-refractivity contribution in [1.82, 2.24) is 15.0 Å². The number of carbonyl (C=O) groups excluding carboxylic acids is 1. The summed E-state index contributed by atoms with van der Waals surface area (Å²) < 4.78 is 17.0. The van der Waals surface area contributed by atoms with Crippen LogP contribution in [0.1, 0.15) is 38.8 Å². The summed E-state index contributed by atoms with van der Waals surface area (Å²) in [6.07, 6.45) is 1.88. The van der Waals surface area contributed by atoms with Gasteiger partial charge in [0.2, 0.25) is 0 Å². The molecule has 2 aromatic heterocycles. The number of aliphatic hydroxyl groups is 1. The number of thiazole rings is 1. The molecule has 0 radical (unpaired) electrons. The number of halogens is 1. The minimum atomic E-state index is -0.500. The monoisotopic (exact) mass is 633 g/mol. The largest absolute Gasteiger partial charge is 0.493 e. The number of aromatic nitrogens is 3. The van der Waals surface area contributed by atoms with E-state index in [9.17, 15) is 4.79 Å². The Hall–Kier alpha value is -4.05. The average molecular weight is 634 g/mol. The van der Waals surface area contributed by atoms with Crippen LogP contribution in [0.2, 0.25) is 5.02 Å². The van der Waals surface area contributed by atoms with Gasteiger partial charge in [0.25, 0.3) is 0 Å². The van der Waals surface area contributed by atoms with Gasteiger partial charge in [0.1, 0.15) is 10.7 Å². The molecule has 0 spiro atoms. The van der Waals surface area contributed by atoms with Gasteiger partial charge in [-0.15, -0.1) is 11.3 Å². The minimum Gasteiger partial charge on any atom is -0.493 e. The number of esters is 1. The van der Waals surface area contributed by atoms with Gasteiger partial charge >= 0.3 is 5.97 Å². The zero-order chi connectivity index (χ0) is 32.0. The van der Waals surface area contributed by atoms with E-state index in [0.29, 0.717) is 34.6 Å². The summed E-state index contributed by atoms with van der Waals surface area (Å²) >= 11 is 7.71. The number of fused-ring (bicyclic) bond motifs is 1. The van der Waals surface area contributed by atoms with Gasteiger partial charge in [0, 0.05) is 22.3 Å². The fraction of sp³-hybridized carbons (Fsp3) is 0.294. The van der Waals surface area contributed by atoms with Gasteiger partial charge in [-0.2, -0.15) is 0 Å². The second kappa shape index (κ2) is 14.2. The van der Waals surface area contributed by atoms with Gasteiger partial charge < -0.3 is 19.3 Å². The van der Waals surface area contributed by atoms with E-state index in [1.807, 2.05) is 68.4 Å². The number of nitrogens with zero attached hydrogens (tertiary/aromatic N) is 3. The molecule has 0 aliphatic heterocycles. The Morgan fingerprint density at radius 1 is 0.955 bits per heavy atom. The van der Waals surface area contributed by atoms with Gasteiger partial charge in [-0.25, -0.2) is 15.0 Å². The first-order chi connectivity index (χ1) is 20.9. The lowest BCUT2D eigenvalue weighted by atomic mass is 9.93. The summed E-state index contributed by atoms with van der Waals surface area (Å²) in [5.41, 5.74) is 5.60. The highest BCUT2D eigenvalue weighted by Gasteiger charge is 2.21. The van der Waals surface area contributed by atoms with Crippen molar-refractivity contribution in [2.45, 2.75) is 46.6 Å². The van der Waals surface area contributed by atoms with E-state index in [0.717, 1.165) is 43.0 Å². The van der Waals surface area contributed by atoms with Crippen LogP contribution in [0, 0.1) is 6.92 Å². The number of ether oxygens (including phenoxy) is 3. The van der Waals surface area contributed by atoms with Gasteiger partial charge in [0.15, 0.2) is 17.3 Å². The zero-order valence-electron chi connectivity index (χ0n) is 25.9. The Labute approximate surface area is 266 Å². The smallest absolute Gasteiger partial charge is 0.310 e. The fourth-order valence-electron chi connectivity index (χ4n) is 4.44. The van der Waals surface area contributed by atoms with Crippen molar-refractivity contribution in [2.24, 2.45) is 0 Å². The molecule has 0 atom stereocenters. The molecule has 0 saturated carbocycles. The lowest BCUT2D eigenvalue weighted by molar-refractivity contribution is -0.142. The van der Waals surface area contributed by atoms with E-state index in [4.69, 9.17) is 40.9 Å². The molecule has 2 heterocycles. The predicted molar refractivity (Wildman–Crippen MR) is 177 cm³/mol. The lowest BCUT2D eigenvalue weighted by Gasteiger charge is -2.14. The maximum atomic E-state index is 12.5. The van der Waals surface area contributed by atoms with E-state index in [-0.39, 0.29) is 12.4 Å². The number of benzene rings is 3. The molecule has 0 unspecified atom stereocenters. The first kappa shape index (κ1) is 32.9. The molecule has 1 N–H and O–H groups in total. The third-order valence-electron chi connectivity index (χ3n) is 6.29. The first-order valence-electron chi connectivity index (χ1n) is 14.0. The summed E-state index contributed by atoms with van der Waals surface area (Å²) in [4.78, 5) is 26.8. The number of carbonyl (C=O) groups is 1. The van der Waals surface area contributed by atoms with E-state index in [1.54, 1.807) is 41.2 Å². The molecule has 3 aromatic carbocycles. The van der Waals surface area contributed by atoms with Crippen molar-refractivity contribution in [1.29, 1.82) is 0 Å². The van der Waals surface area contributed by atoms with Gasteiger partial charge in [-0.05, 0) is 93.8 Å². The number of aryl methyl sites for hydroxylation is 1. The molecule has 5 aromatic rings. The quantitative estimate of drug-likeness (QED) is 0.172. The number of rotatable bonds is 8. The third-order valence-corrected chi connectivity index (χ3v) is 7.65. The standard InChI is InChI=1S/C30H26ClN3O4S.C4H10O/c1-5-38-26(35)16-21-17(2)14-23-28(27(21)18-6-9-20(31)10-7-18)39-30(34-23)22-12-13-32-29(33-22)19-8-11-24(36-3)25(15-19)37-4;1-4(2,3)5/h6-15H,5,16H2,1-4H3;5H,1-3H3. The molecule has 0 bridgehead atoms. The van der Waals surface area contributed by atoms with E-state index in [1.165, 1.54) is 11.3 Å². The Morgan fingerprint density at radius 2 is 1.61 bits per heavy atom. The second-order valence-electron chi connectivity index (χ2n) is 10.9. The van der Waals surface area contributed by atoms with Crippen molar-refractivity contribution in [3.8, 4) is 44.7 Å². The Balaban J connectivity index is 0.000000818. The van der Waals surface area contributed by atoms with Crippen LogP contribution in [0.15, 0.2) is 60.8 Å². The van der Waals surface area contributed by atoms with Crippen LogP contribution in [0.3, 0.4) is 0 Å². The third kappa shape index (κ3) is 8.11. The van der Waals surface area contributed by atoms with Crippen LogP contribution in [0.4, 0.5) is 0 Å². The molecule has 0 saturated heterocycles. The maximum Gasteiger partial charge on any atom is 0.310 e. The molecule has 0 fully saturated rings. The van der Waals surface area contributed by atoms with Gasteiger partial charge in [-0.3, -0.25) is 4.79 Å². The fourth-order valence-corrected chi connectivity index (χ4v) is 5.68. The summed E-state index contributed by atoms with van der Waals surface area (Å²) in [7, 11) is 3.19. The number of methoxy groups -OCH3 is 2. The minimum absolute atomic E-state index is 0.164. The van der Waals surface area contributed by atoms with Crippen LogP contribution in [-0.4, -0.2) is 52.5 Å². The van der Waals surface area contributed by atoms with Crippen LogP contribution in [-0.2, 0) is 16.0 Å². The molecule has 0 amide bonds. The highest BCUT2D eigenvalue weighted by atomic mass is 35.5. The summed E-state index contributed by atoms with van der Waals surface area (Å²) in [6, 6.07) is 17.0. The van der Waals surface area contributed by atoms with Crippen LogP contribution >= 0.6 is 22.9 Å². The van der Waals surface area contributed by atoms with Crippen LogP contribution < -0.4 is 9.47 Å². The maximum absolute atomic E-state index is 12.5. The molecule has 230 valence electrons. The molecule has 0 aliphatic rings. The van der Waals surface area contributed by atoms with E-state index in [2.05, 4.69) is 4.98 Å². The summed E-state index contributed by atoms with van der Waals surface area (Å²) in [5.74, 6) is 1.51. The topological polar surface area (TPSA) is 104 Å². The van der Waals surface area contributed by atoms with Gasteiger partial charge in [-0.1, -0.05) is 23.7 Å². The number of hydrogen-bond acceptors (Lipinski definition) is 9. The Kier molecular flexibility index (Phi) is 10.6. The van der Waals surface area contributed by atoms with Crippen molar-refractivity contribution < 1.29 is 24.1 Å². The van der Waals surface area contributed by atoms with Crippen molar-refractivity contribution in [2.75, 3.05) is 20.8 Å². The molecular formula is C34H36ClN3O5S. The molecule has 0 aliphatic carbocycles. The molecule has 44 heavy (non-hydrogen) atoms. The number of hydrogen-bond donors (Lipinski definition) is 1. The van der Waals surface area contributed by atoms with E-state index >= 15 is 0 Å². The zero-order valence-corrected chi connectivity index (χ0v) is 27.5. The lowest BCUT2D eigenvalue weighted by Crippen LogP contribution is -2.10. The Bertz CT molecular complexity index is 1760. The Morgan fingerprint density at radius 3 is 2.25 bits per heavy atom. The van der Waals surface area contributed by atoms with Crippen molar-refractivity contribution in [3.63, 3.8) is 0 Å². The average Bonchev–Trinajstić information content (AvgIpc) is 3.40. The normalized spacial score (nSPS) is 11.1. The van der Waals surface area contributed by atoms with Crippen molar-refractivity contribution >= 4 is 39.1 Å². The molecule has 10 heteroatoms. The molecule has 8 nitrogen and oxygen atoms in total. The van der Waals surface area contributed by atoms with Crippen LogP contribution in [0.5, 0.6) is 11.5 Å². The van der Waals surface area contributed by atoms with Crippen molar-refractivity contribution in [3.05, 3.63) is 76.9 Å². The first-order valence-corrected chi connectivity index (χ1v) is 15.2. The van der Waals surface area contributed by atoms with Gasteiger partial charge in [0.05, 0.1) is 43.1 Å². The highest BCUT2D eigenvalue weighted by molar-refractivity contribution is 7.22. The summed E-state index contributed by atoms with van der Waals surface area (Å²) in [6.45, 7) is 9.36. The van der Waals surface area contributed by atoms with Crippen LogP contribution in [0.25, 0.3) is 43.4 Å². The summed E-state index contributed by atoms with van der Waals surface area (Å²) in [5, 5.41) is 9.91.